The maximum Gasteiger partial charge on any atom is 0.337 e. The van der Waals surface area contributed by atoms with E-state index in [2.05, 4.69) is 10.1 Å². The number of hydrogen-bond acceptors (Lipinski definition) is 5. The van der Waals surface area contributed by atoms with Crippen molar-refractivity contribution in [2.24, 2.45) is 0 Å². The zero-order chi connectivity index (χ0) is 15.8. The van der Waals surface area contributed by atoms with E-state index >= 15 is 0 Å². The van der Waals surface area contributed by atoms with Gasteiger partial charge in [-0.1, -0.05) is 28.0 Å². The normalized spacial score (nSPS) is 17.2. The molecule has 1 atom stereocenters. The first kappa shape index (κ1) is 17.2. The largest absolute Gasteiger partial charge is 0.465 e. The Morgan fingerprint density at radius 1 is 1.27 bits per heavy atom. The third-order valence-electron chi connectivity index (χ3n) is 3.50. The van der Waals surface area contributed by atoms with Crippen LogP contribution in [0.4, 0.5) is 5.69 Å². The van der Waals surface area contributed by atoms with Crippen molar-refractivity contribution in [3.63, 3.8) is 0 Å². The topological polar surface area (TPSA) is 55.4 Å². The Labute approximate surface area is 139 Å². The smallest absolute Gasteiger partial charge is 0.337 e. The van der Waals surface area contributed by atoms with E-state index in [1.807, 2.05) is 21.6 Å². The molecule has 1 amide bonds. The third-order valence-corrected chi connectivity index (χ3v) is 6.50. The highest BCUT2D eigenvalue weighted by Gasteiger charge is 2.15. The summed E-state index contributed by atoms with van der Waals surface area (Å²) in [6.07, 6.45) is 5.08. The van der Waals surface area contributed by atoms with Crippen LogP contribution in [0.1, 0.15) is 42.5 Å². The second-order valence-corrected chi connectivity index (χ2v) is 7.98. The lowest BCUT2D eigenvalue weighted by molar-refractivity contribution is -0.116. The summed E-state index contributed by atoms with van der Waals surface area (Å²) in [5.41, 5.74) is 1.19. The lowest BCUT2D eigenvalue weighted by Gasteiger charge is -2.08. The van der Waals surface area contributed by atoms with E-state index in [1.54, 1.807) is 24.3 Å². The van der Waals surface area contributed by atoms with E-state index in [0.29, 0.717) is 17.7 Å². The van der Waals surface area contributed by atoms with Crippen LogP contribution < -0.4 is 5.32 Å². The number of carbonyl (C=O) groups is 2. The van der Waals surface area contributed by atoms with Gasteiger partial charge in [0.25, 0.3) is 0 Å². The quantitative estimate of drug-likeness (QED) is 0.460. The highest BCUT2D eigenvalue weighted by molar-refractivity contribution is 8.77. The summed E-state index contributed by atoms with van der Waals surface area (Å²) in [6.45, 7) is 0. The Morgan fingerprint density at radius 2 is 2.05 bits per heavy atom. The molecule has 0 aliphatic carbocycles. The van der Waals surface area contributed by atoms with Crippen molar-refractivity contribution in [1.82, 2.24) is 0 Å². The summed E-state index contributed by atoms with van der Waals surface area (Å²) in [6, 6.07) is 6.74. The summed E-state index contributed by atoms with van der Waals surface area (Å²) in [5.74, 6) is 0.914. The van der Waals surface area contributed by atoms with Crippen LogP contribution in [0.5, 0.6) is 0 Å². The molecule has 1 aromatic rings. The molecule has 120 valence electrons. The second-order valence-electron chi connectivity index (χ2n) is 5.19. The van der Waals surface area contributed by atoms with Crippen LogP contribution in [0.2, 0.25) is 0 Å². The summed E-state index contributed by atoms with van der Waals surface area (Å²) in [4.78, 5) is 23.2. The monoisotopic (exact) mass is 339 g/mol. The third kappa shape index (κ3) is 5.57. The lowest BCUT2D eigenvalue weighted by Crippen LogP contribution is -2.11. The van der Waals surface area contributed by atoms with Crippen LogP contribution >= 0.6 is 21.6 Å². The highest BCUT2D eigenvalue weighted by Crippen LogP contribution is 2.39. The van der Waals surface area contributed by atoms with Crippen molar-refractivity contribution >= 4 is 39.2 Å². The van der Waals surface area contributed by atoms with Crippen molar-refractivity contribution in [2.45, 2.75) is 37.4 Å². The van der Waals surface area contributed by atoms with Gasteiger partial charge in [0.05, 0.1) is 12.7 Å². The Balaban J connectivity index is 1.66. The number of unbranched alkanes of at least 4 members (excludes halogenated alkanes) is 1. The van der Waals surface area contributed by atoms with Gasteiger partial charge >= 0.3 is 5.97 Å². The fraction of sp³-hybridized carbons (Fsp3) is 0.500. The molecule has 1 fully saturated rings. The Hall–Kier alpha value is -1.14. The maximum atomic E-state index is 11.9. The number of rotatable bonds is 7. The minimum Gasteiger partial charge on any atom is -0.465 e. The second kappa shape index (κ2) is 9.10. The van der Waals surface area contributed by atoms with Crippen LogP contribution in [-0.4, -0.2) is 30.0 Å². The van der Waals surface area contributed by atoms with Crippen molar-refractivity contribution in [3.8, 4) is 0 Å². The van der Waals surface area contributed by atoms with Gasteiger partial charge in [-0.15, -0.1) is 0 Å². The van der Waals surface area contributed by atoms with Gasteiger partial charge in [0.15, 0.2) is 0 Å². The molecule has 22 heavy (non-hydrogen) atoms. The Kier molecular flexibility index (Phi) is 7.12. The fourth-order valence-corrected chi connectivity index (χ4v) is 5.28. The zero-order valence-electron chi connectivity index (χ0n) is 12.7. The average Bonchev–Trinajstić information content (AvgIpc) is 3.05. The van der Waals surface area contributed by atoms with E-state index in [0.717, 1.165) is 18.1 Å². The molecule has 1 heterocycles. The van der Waals surface area contributed by atoms with Gasteiger partial charge in [0.2, 0.25) is 5.91 Å². The number of anilines is 1. The molecule has 1 aliphatic rings. The van der Waals surface area contributed by atoms with Crippen molar-refractivity contribution in [3.05, 3.63) is 29.8 Å². The van der Waals surface area contributed by atoms with E-state index in [4.69, 9.17) is 0 Å². The molecule has 0 spiro atoms. The molecule has 6 heteroatoms. The summed E-state index contributed by atoms with van der Waals surface area (Å²) in [5, 5.41) is 3.63. The number of ether oxygens (including phenoxy) is 1. The molecule has 1 aromatic carbocycles. The van der Waals surface area contributed by atoms with Gasteiger partial charge in [-0.3, -0.25) is 4.79 Å². The average molecular weight is 339 g/mol. The molecule has 0 aromatic heterocycles. The predicted octanol–water partition coefficient (Wildman–Crippen LogP) is 4.13. The summed E-state index contributed by atoms with van der Waals surface area (Å²) in [7, 11) is 5.29. The standard InChI is InChI=1S/C16H21NO3S2/c1-20-16(19)12-6-8-13(9-7-12)17-15(18)5-3-2-4-14-10-11-21-22-14/h6-9,14H,2-5,10-11H2,1H3,(H,17,18)/t14-/m1/s1. The number of benzene rings is 1. The first-order chi connectivity index (χ1) is 10.7. The molecule has 0 bridgehead atoms. The first-order valence-electron chi connectivity index (χ1n) is 7.45. The predicted molar refractivity (Wildman–Crippen MR) is 93.3 cm³/mol. The van der Waals surface area contributed by atoms with E-state index in [1.165, 1.54) is 25.7 Å². The van der Waals surface area contributed by atoms with E-state index in [9.17, 15) is 9.59 Å². The fourth-order valence-electron chi connectivity index (χ4n) is 2.25. The molecular formula is C16H21NO3S2. The van der Waals surface area contributed by atoms with Gasteiger partial charge < -0.3 is 10.1 Å². The number of amides is 1. The lowest BCUT2D eigenvalue weighted by atomic mass is 10.1. The van der Waals surface area contributed by atoms with Gasteiger partial charge in [-0.25, -0.2) is 4.79 Å². The van der Waals surface area contributed by atoms with Crippen molar-refractivity contribution < 1.29 is 14.3 Å². The van der Waals surface area contributed by atoms with Crippen LogP contribution in [0.25, 0.3) is 0 Å². The molecule has 1 aliphatic heterocycles. The summed E-state index contributed by atoms with van der Waals surface area (Å²) >= 11 is 0. The van der Waals surface area contributed by atoms with Gasteiger partial charge in [0, 0.05) is 23.1 Å². The van der Waals surface area contributed by atoms with E-state index < -0.39 is 0 Å². The number of carbonyl (C=O) groups excluding carboxylic acids is 2. The van der Waals surface area contributed by atoms with Crippen LogP contribution in [0.15, 0.2) is 24.3 Å². The molecule has 1 N–H and O–H groups in total. The zero-order valence-corrected chi connectivity index (χ0v) is 14.3. The van der Waals surface area contributed by atoms with Crippen LogP contribution in [0.3, 0.4) is 0 Å². The molecule has 0 unspecified atom stereocenters. The first-order valence-corrected chi connectivity index (χ1v) is 9.84. The van der Waals surface area contributed by atoms with Crippen LogP contribution in [0, 0.1) is 0 Å². The number of esters is 1. The van der Waals surface area contributed by atoms with Crippen molar-refractivity contribution in [1.29, 1.82) is 0 Å². The summed E-state index contributed by atoms with van der Waals surface area (Å²) < 4.78 is 4.64. The Bertz CT molecular complexity index is 499. The maximum absolute atomic E-state index is 11.9. The number of hydrogen-bond donors (Lipinski definition) is 1. The Morgan fingerprint density at radius 3 is 2.68 bits per heavy atom. The molecule has 4 nitrogen and oxygen atoms in total. The molecule has 0 radical (unpaired) electrons. The molecular weight excluding hydrogens is 318 g/mol. The number of methoxy groups -OCH3 is 1. The van der Waals surface area contributed by atoms with Gasteiger partial charge in [0.1, 0.15) is 0 Å². The SMILES string of the molecule is COC(=O)c1ccc(NC(=O)CCCC[C@@H]2CCSS2)cc1. The van der Waals surface area contributed by atoms with Gasteiger partial charge in [-0.05, 0) is 43.5 Å². The van der Waals surface area contributed by atoms with Crippen molar-refractivity contribution in [2.75, 3.05) is 18.2 Å². The minimum absolute atomic E-state index is 0.0271. The van der Waals surface area contributed by atoms with Gasteiger partial charge in [-0.2, -0.15) is 0 Å². The molecule has 2 rings (SSSR count). The number of nitrogens with one attached hydrogen (secondary N) is 1. The minimum atomic E-state index is -0.374. The van der Waals surface area contributed by atoms with E-state index in [-0.39, 0.29) is 11.9 Å². The van der Waals surface area contributed by atoms with Crippen LogP contribution in [-0.2, 0) is 9.53 Å². The highest BCUT2D eigenvalue weighted by atomic mass is 33.1. The molecule has 1 saturated heterocycles. The molecule has 0 saturated carbocycles.